The number of nitrogens with zero attached hydrogens (tertiary/aromatic N) is 1. The Kier molecular flexibility index (Phi) is 8.35. The SMILES string of the molecule is C=CC(=O)N(c1ccccc1)[C@H](C)C(=O)N[C@@H](Cc1ccc(C)cc1C)OB(O)O. The smallest absolute Gasteiger partial charge is 0.402 e. The maximum absolute atomic E-state index is 12.9. The fourth-order valence-electron chi connectivity index (χ4n) is 3.18. The lowest BCUT2D eigenvalue weighted by atomic mass is 10.0. The van der Waals surface area contributed by atoms with Crippen molar-refractivity contribution in [2.75, 3.05) is 4.90 Å². The molecule has 7 nitrogen and oxygen atoms in total. The average molecular weight is 410 g/mol. The van der Waals surface area contributed by atoms with Crippen LogP contribution < -0.4 is 10.2 Å². The first-order valence-corrected chi connectivity index (χ1v) is 9.61. The van der Waals surface area contributed by atoms with Gasteiger partial charge in [-0.15, -0.1) is 0 Å². The quantitative estimate of drug-likeness (QED) is 0.333. The number of carbonyl (C=O) groups is 2. The molecule has 0 aliphatic rings. The summed E-state index contributed by atoms with van der Waals surface area (Å²) in [5, 5.41) is 21.2. The molecular weight excluding hydrogens is 383 g/mol. The van der Waals surface area contributed by atoms with Crippen molar-refractivity contribution in [3.8, 4) is 0 Å². The van der Waals surface area contributed by atoms with Crippen molar-refractivity contribution in [2.24, 2.45) is 0 Å². The molecule has 2 aromatic rings. The molecule has 2 aromatic carbocycles. The highest BCUT2D eigenvalue weighted by molar-refractivity contribution is 6.32. The van der Waals surface area contributed by atoms with E-state index in [0.29, 0.717) is 5.69 Å². The van der Waals surface area contributed by atoms with Crippen molar-refractivity contribution in [3.63, 3.8) is 0 Å². The molecule has 0 unspecified atom stereocenters. The van der Waals surface area contributed by atoms with Gasteiger partial charge in [0.1, 0.15) is 12.3 Å². The Balaban J connectivity index is 2.22. The monoisotopic (exact) mass is 410 g/mol. The summed E-state index contributed by atoms with van der Waals surface area (Å²) in [6.07, 6.45) is 0.360. The average Bonchev–Trinajstić information content (AvgIpc) is 2.70. The molecule has 0 aliphatic heterocycles. The van der Waals surface area contributed by atoms with Gasteiger partial charge in [0.25, 0.3) is 5.91 Å². The van der Waals surface area contributed by atoms with Crippen molar-refractivity contribution in [2.45, 2.75) is 39.5 Å². The molecule has 158 valence electrons. The summed E-state index contributed by atoms with van der Waals surface area (Å²) in [4.78, 5) is 26.6. The Morgan fingerprint density at radius 1 is 1.20 bits per heavy atom. The minimum absolute atomic E-state index is 0.225. The Morgan fingerprint density at radius 2 is 1.87 bits per heavy atom. The normalized spacial score (nSPS) is 12.6. The van der Waals surface area contributed by atoms with Crippen LogP contribution in [-0.4, -0.2) is 41.5 Å². The molecule has 2 atom stereocenters. The van der Waals surface area contributed by atoms with E-state index in [-0.39, 0.29) is 6.42 Å². The lowest BCUT2D eigenvalue weighted by Gasteiger charge is -2.29. The fourth-order valence-corrected chi connectivity index (χ4v) is 3.18. The lowest BCUT2D eigenvalue weighted by Crippen LogP contribution is -2.52. The van der Waals surface area contributed by atoms with E-state index >= 15 is 0 Å². The lowest BCUT2D eigenvalue weighted by molar-refractivity contribution is -0.127. The van der Waals surface area contributed by atoms with E-state index < -0.39 is 31.4 Å². The van der Waals surface area contributed by atoms with Gasteiger partial charge in [0.05, 0.1) is 0 Å². The van der Waals surface area contributed by atoms with Crippen molar-refractivity contribution >= 4 is 24.8 Å². The molecule has 2 rings (SSSR count). The molecule has 0 aliphatic carbocycles. The van der Waals surface area contributed by atoms with Gasteiger partial charge in [-0.3, -0.25) is 14.5 Å². The Bertz CT molecular complexity index is 888. The Hall–Kier alpha value is -2.94. The van der Waals surface area contributed by atoms with Crippen LogP contribution in [-0.2, 0) is 20.7 Å². The summed E-state index contributed by atoms with van der Waals surface area (Å²) >= 11 is 0. The standard InChI is InChI=1S/C22H27BN2O5/c1-5-21(26)25(19-9-7-6-8-10-19)17(4)22(27)24-20(30-23(28)29)14-18-12-11-15(2)13-16(18)3/h5-13,17,20,28-29H,1,14H2,2-4H3,(H,24,27)/t17-,20-/m1/s1. The van der Waals surface area contributed by atoms with E-state index in [1.807, 2.05) is 32.0 Å². The molecule has 8 heteroatoms. The highest BCUT2D eigenvalue weighted by Gasteiger charge is 2.29. The summed E-state index contributed by atoms with van der Waals surface area (Å²) in [6, 6.07) is 13.7. The molecule has 0 aromatic heterocycles. The van der Waals surface area contributed by atoms with Crippen molar-refractivity contribution in [1.82, 2.24) is 5.32 Å². The number of benzene rings is 2. The van der Waals surface area contributed by atoms with Crippen LogP contribution >= 0.6 is 0 Å². The van der Waals surface area contributed by atoms with E-state index in [2.05, 4.69) is 11.9 Å². The largest absolute Gasteiger partial charge is 0.635 e. The predicted octanol–water partition coefficient (Wildman–Crippen LogP) is 1.88. The topological polar surface area (TPSA) is 99.1 Å². The third kappa shape index (κ3) is 6.28. The van der Waals surface area contributed by atoms with Crippen LogP contribution in [0.25, 0.3) is 0 Å². The van der Waals surface area contributed by atoms with Crippen LogP contribution in [0.5, 0.6) is 0 Å². The molecule has 0 radical (unpaired) electrons. The molecular formula is C22H27BN2O5. The van der Waals surface area contributed by atoms with E-state index in [9.17, 15) is 19.6 Å². The summed E-state index contributed by atoms with van der Waals surface area (Å²) in [5.74, 6) is -0.942. The van der Waals surface area contributed by atoms with Gasteiger partial charge >= 0.3 is 7.32 Å². The number of amides is 2. The Labute approximate surface area is 177 Å². The van der Waals surface area contributed by atoms with E-state index in [0.717, 1.165) is 22.8 Å². The number of rotatable bonds is 9. The zero-order chi connectivity index (χ0) is 22.3. The maximum atomic E-state index is 12.9. The first kappa shape index (κ1) is 23.3. The van der Waals surface area contributed by atoms with Crippen molar-refractivity contribution < 1.29 is 24.3 Å². The molecule has 0 fully saturated rings. The van der Waals surface area contributed by atoms with Crippen LogP contribution in [0.15, 0.2) is 61.2 Å². The first-order chi connectivity index (χ1) is 14.2. The second kappa shape index (κ2) is 10.7. The number of carbonyl (C=O) groups excluding carboxylic acids is 2. The molecule has 0 heterocycles. The van der Waals surface area contributed by atoms with Crippen LogP contribution in [0.3, 0.4) is 0 Å². The highest BCUT2D eigenvalue weighted by Crippen LogP contribution is 2.18. The maximum Gasteiger partial charge on any atom is 0.635 e. The molecule has 0 spiro atoms. The number of aryl methyl sites for hydroxylation is 2. The van der Waals surface area contributed by atoms with Gasteiger partial charge in [0.2, 0.25) is 5.91 Å². The third-order valence-electron chi connectivity index (χ3n) is 4.71. The zero-order valence-corrected chi connectivity index (χ0v) is 17.4. The molecule has 0 bridgehead atoms. The summed E-state index contributed by atoms with van der Waals surface area (Å²) in [6.45, 7) is 8.99. The highest BCUT2D eigenvalue weighted by atomic mass is 16.6. The van der Waals surface area contributed by atoms with Crippen molar-refractivity contribution in [1.29, 1.82) is 0 Å². The molecule has 30 heavy (non-hydrogen) atoms. The number of nitrogens with one attached hydrogen (secondary N) is 1. The van der Waals surface area contributed by atoms with Crippen LogP contribution in [0.1, 0.15) is 23.6 Å². The second-order valence-corrected chi connectivity index (χ2v) is 7.02. The molecule has 0 saturated carbocycles. The van der Waals surface area contributed by atoms with Crippen LogP contribution in [0, 0.1) is 13.8 Å². The van der Waals surface area contributed by atoms with Gasteiger partial charge in [-0.25, -0.2) is 0 Å². The van der Waals surface area contributed by atoms with Crippen molar-refractivity contribution in [3.05, 3.63) is 77.9 Å². The van der Waals surface area contributed by atoms with Crippen LogP contribution in [0.2, 0.25) is 0 Å². The van der Waals surface area contributed by atoms with Gasteiger partial charge < -0.3 is 20.0 Å². The van der Waals surface area contributed by atoms with Gasteiger partial charge in [0.15, 0.2) is 0 Å². The Morgan fingerprint density at radius 3 is 2.43 bits per heavy atom. The minimum Gasteiger partial charge on any atom is -0.402 e. The van der Waals surface area contributed by atoms with E-state index in [1.165, 1.54) is 4.90 Å². The molecule has 3 N–H and O–H groups in total. The summed E-state index contributed by atoms with van der Waals surface area (Å²) < 4.78 is 5.09. The third-order valence-corrected chi connectivity index (χ3v) is 4.71. The number of anilines is 1. The van der Waals surface area contributed by atoms with E-state index in [4.69, 9.17) is 4.65 Å². The number of hydrogen-bond donors (Lipinski definition) is 3. The summed E-state index contributed by atoms with van der Waals surface area (Å²) in [5.41, 5.74) is 3.52. The number of hydrogen-bond acceptors (Lipinski definition) is 5. The zero-order valence-electron chi connectivity index (χ0n) is 17.4. The molecule has 2 amide bonds. The minimum atomic E-state index is -2.06. The van der Waals surface area contributed by atoms with E-state index in [1.54, 1.807) is 37.3 Å². The van der Waals surface area contributed by atoms with Crippen LogP contribution in [0.4, 0.5) is 5.69 Å². The fraction of sp³-hybridized carbons (Fsp3) is 0.273. The van der Waals surface area contributed by atoms with Gasteiger partial charge in [-0.2, -0.15) is 0 Å². The summed E-state index contributed by atoms with van der Waals surface area (Å²) in [7, 11) is -2.06. The van der Waals surface area contributed by atoms with Gasteiger partial charge in [-0.05, 0) is 50.1 Å². The predicted molar refractivity (Wildman–Crippen MR) is 116 cm³/mol. The second-order valence-electron chi connectivity index (χ2n) is 7.02. The van der Waals surface area contributed by atoms with Gasteiger partial charge in [-0.1, -0.05) is 48.5 Å². The van der Waals surface area contributed by atoms with Gasteiger partial charge in [0, 0.05) is 12.1 Å². The molecule has 0 saturated heterocycles. The first-order valence-electron chi connectivity index (χ1n) is 9.61. The number of para-hydroxylation sites is 1.